The molecule has 0 aliphatic carbocycles. The molecule has 1 saturated heterocycles. The first-order valence-corrected chi connectivity index (χ1v) is 4.19. The summed E-state index contributed by atoms with van der Waals surface area (Å²) in [4.78, 5) is 0. The minimum atomic E-state index is -0.263. The summed E-state index contributed by atoms with van der Waals surface area (Å²) >= 11 is 0. The Labute approximate surface area is 67.7 Å². The van der Waals surface area contributed by atoms with Crippen LogP contribution in [-0.4, -0.2) is 37.0 Å². The molecule has 1 fully saturated rings. The highest BCUT2D eigenvalue weighted by atomic mass is 16.5. The molecule has 2 unspecified atom stereocenters. The molecule has 0 saturated carbocycles. The van der Waals surface area contributed by atoms with Gasteiger partial charge in [-0.15, -0.1) is 0 Å². The molecule has 3 heteroatoms. The molecule has 0 aromatic carbocycles. The zero-order valence-corrected chi connectivity index (χ0v) is 7.21. The van der Waals surface area contributed by atoms with Gasteiger partial charge in [0.2, 0.25) is 0 Å². The van der Waals surface area contributed by atoms with Crippen molar-refractivity contribution in [3.8, 4) is 0 Å². The van der Waals surface area contributed by atoms with Crippen LogP contribution < -0.4 is 5.32 Å². The van der Waals surface area contributed by atoms with Gasteiger partial charge >= 0.3 is 0 Å². The molecular formula is C8H17NO2. The highest BCUT2D eigenvalue weighted by Crippen LogP contribution is 2.11. The van der Waals surface area contributed by atoms with E-state index in [2.05, 4.69) is 19.2 Å². The number of rotatable bonds is 3. The summed E-state index contributed by atoms with van der Waals surface area (Å²) in [6.45, 7) is 6.26. The molecule has 0 aromatic heterocycles. The van der Waals surface area contributed by atoms with Crippen LogP contribution in [0.2, 0.25) is 0 Å². The van der Waals surface area contributed by atoms with Gasteiger partial charge in [0.05, 0.1) is 19.3 Å². The minimum absolute atomic E-state index is 0.263. The van der Waals surface area contributed by atoms with Crippen LogP contribution in [0.4, 0.5) is 0 Å². The van der Waals surface area contributed by atoms with E-state index in [1.54, 1.807) is 0 Å². The number of hydrogen-bond acceptors (Lipinski definition) is 3. The predicted molar refractivity (Wildman–Crippen MR) is 43.5 cm³/mol. The summed E-state index contributed by atoms with van der Waals surface area (Å²) in [5.74, 6) is 0.289. The first-order chi connectivity index (χ1) is 5.20. The van der Waals surface area contributed by atoms with Crippen LogP contribution in [0.15, 0.2) is 0 Å². The van der Waals surface area contributed by atoms with Crippen LogP contribution in [-0.2, 0) is 4.74 Å². The maximum atomic E-state index is 9.34. The molecule has 2 N–H and O–H groups in total. The zero-order valence-electron chi connectivity index (χ0n) is 7.21. The molecule has 0 radical (unpaired) electrons. The van der Waals surface area contributed by atoms with Crippen LogP contribution in [0.1, 0.15) is 13.8 Å². The van der Waals surface area contributed by atoms with Crippen molar-refractivity contribution in [2.45, 2.75) is 26.0 Å². The summed E-state index contributed by atoms with van der Waals surface area (Å²) < 4.78 is 5.11. The summed E-state index contributed by atoms with van der Waals surface area (Å²) in [6.07, 6.45) is -0.263. The third-order valence-electron chi connectivity index (χ3n) is 1.95. The van der Waals surface area contributed by atoms with Gasteiger partial charge in [0.15, 0.2) is 0 Å². The molecule has 1 aliphatic heterocycles. The van der Waals surface area contributed by atoms with Crippen LogP contribution in [0.5, 0.6) is 0 Å². The van der Waals surface area contributed by atoms with Crippen LogP contribution in [0, 0.1) is 5.92 Å². The van der Waals surface area contributed by atoms with E-state index in [1.807, 2.05) is 0 Å². The van der Waals surface area contributed by atoms with Crippen molar-refractivity contribution in [1.29, 1.82) is 0 Å². The molecule has 2 atom stereocenters. The summed E-state index contributed by atoms with van der Waals surface area (Å²) in [5.41, 5.74) is 0. The number of aliphatic hydroxyl groups excluding tert-OH is 1. The SMILES string of the molecule is CC(C)NCC1COCC1O. The van der Waals surface area contributed by atoms with E-state index in [9.17, 15) is 5.11 Å². The number of nitrogens with one attached hydrogen (secondary N) is 1. The van der Waals surface area contributed by atoms with E-state index in [1.165, 1.54) is 0 Å². The molecule has 3 nitrogen and oxygen atoms in total. The van der Waals surface area contributed by atoms with E-state index >= 15 is 0 Å². The van der Waals surface area contributed by atoms with E-state index in [0.29, 0.717) is 19.3 Å². The Morgan fingerprint density at radius 3 is 2.73 bits per heavy atom. The highest BCUT2D eigenvalue weighted by Gasteiger charge is 2.25. The average molecular weight is 159 g/mol. The van der Waals surface area contributed by atoms with Gasteiger partial charge < -0.3 is 15.2 Å². The largest absolute Gasteiger partial charge is 0.390 e. The average Bonchev–Trinajstić information content (AvgIpc) is 2.31. The van der Waals surface area contributed by atoms with Gasteiger partial charge in [0.25, 0.3) is 0 Å². The van der Waals surface area contributed by atoms with Gasteiger partial charge in [-0.2, -0.15) is 0 Å². The monoisotopic (exact) mass is 159 g/mol. The quantitative estimate of drug-likeness (QED) is 0.608. The second kappa shape index (κ2) is 4.04. The summed E-state index contributed by atoms with van der Waals surface area (Å²) in [5, 5.41) is 12.6. The van der Waals surface area contributed by atoms with Gasteiger partial charge in [-0.25, -0.2) is 0 Å². The number of hydrogen-bond donors (Lipinski definition) is 2. The molecule has 0 aromatic rings. The van der Waals surface area contributed by atoms with Crippen LogP contribution >= 0.6 is 0 Å². The standard InChI is InChI=1S/C8H17NO2/c1-6(2)9-3-7-4-11-5-8(7)10/h6-10H,3-5H2,1-2H3. The zero-order chi connectivity index (χ0) is 8.27. The van der Waals surface area contributed by atoms with Crippen molar-refractivity contribution in [2.75, 3.05) is 19.8 Å². The molecule has 66 valence electrons. The lowest BCUT2D eigenvalue weighted by Crippen LogP contribution is -2.34. The van der Waals surface area contributed by atoms with E-state index in [0.717, 1.165) is 6.54 Å². The Bertz CT molecular complexity index is 117. The lowest BCUT2D eigenvalue weighted by atomic mass is 10.1. The van der Waals surface area contributed by atoms with Crippen molar-refractivity contribution >= 4 is 0 Å². The van der Waals surface area contributed by atoms with Gasteiger partial charge in [0.1, 0.15) is 0 Å². The van der Waals surface area contributed by atoms with Gasteiger partial charge in [-0.1, -0.05) is 13.8 Å². The Balaban J connectivity index is 2.15. The molecular weight excluding hydrogens is 142 g/mol. The Hall–Kier alpha value is -0.120. The van der Waals surface area contributed by atoms with Crippen LogP contribution in [0.25, 0.3) is 0 Å². The molecule has 1 rings (SSSR count). The van der Waals surface area contributed by atoms with E-state index < -0.39 is 0 Å². The van der Waals surface area contributed by atoms with E-state index in [-0.39, 0.29) is 12.0 Å². The second-order valence-electron chi connectivity index (χ2n) is 3.43. The van der Waals surface area contributed by atoms with Crippen molar-refractivity contribution in [1.82, 2.24) is 5.32 Å². The minimum Gasteiger partial charge on any atom is -0.390 e. The van der Waals surface area contributed by atoms with Crippen molar-refractivity contribution in [3.05, 3.63) is 0 Å². The fourth-order valence-electron chi connectivity index (χ4n) is 1.17. The third kappa shape index (κ3) is 2.77. The first-order valence-electron chi connectivity index (χ1n) is 4.19. The second-order valence-corrected chi connectivity index (χ2v) is 3.43. The normalized spacial score (nSPS) is 31.6. The molecule has 0 amide bonds. The topological polar surface area (TPSA) is 41.5 Å². The van der Waals surface area contributed by atoms with Crippen molar-refractivity contribution < 1.29 is 9.84 Å². The fraction of sp³-hybridized carbons (Fsp3) is 1.00. The molecule has 0 bridgehead atoms. The lowest BCUT2D eigenvalue weighted by molar-refractivity contribution is 0.118. The molecule has 1 heterocycles. The van der Waals surface area contributed by atoms with Crippen molar-refractivity contribution in [3.63, 3.8) is 0 Å². The maximum absolute atomic E-state index is 9.34. The summed E-state index contributed by atoms with van der Waals surface area (Å²) in [6, 6.07) is 0.489. The Morgan fingerprint density at radius 1 is 1.55 bits per heavy atom. The first kappa shape index (κ1) is 8.97. The fourth-order valence-corrected chi connectivity index (χ4v) is 1.17. The predicted octanol–water partition coefficient (Wildman–Crippen LogP) is -0.00830. The Kier molecular flexibility index (Phi) is 3.30. The number of ether oxygens (including phenoxy) is 1. The van der Waals surface area contributed by atoms with Crippen molar-refractivity contribution in [2.24, 2.45) is 5.92 Å². The highest BCUT2D eigenvalue weighted by molar-refractivity contribution is 4.76. The van der Waals surface area contributed by atoms with Crippen LogP contribution in [0.3, 0.4) is 0 Å². The molecule has 0 spiro atoms. The van der Waals surface area contributed by atoms with Gasteiger partial charge in [0, 0.05) is 18.5 Å². The molecule has 1 aliphatic rings. The van der Waals surface area contributed by atoms with E-state index in [4.69, 9.17) is 4.74 Å². The lowest BCUT2D eigenvalue weighted by Gasteiger charge is -2.14. The van der Waals surface area contributed by atoms with Gasteiger partial charge in [-0.05, 0) is 0 Å². The van der Waals surface area contributed by atoms with Gasteiger partial charge in [-0.3, -0.25) is 0 Å². The summed E-state index contributed by atoms with van der Waals surface area (Å²) in [7, 11) is 0. The smallest absolute Gasteiger partial charge is 0.0835 e. The molecule has 11 heavy (non-hydrogen) atoms. The Morgan fingerprint density at radius 2 is 2.27 bits per heavy atom. The maximum Gasteiger partial charge on any atom is 0.0835 e. The number of aliphatic hydroxyl groups is 1. The third-order valence-corrected chi connectivity index (χ3v) is 1.95.